The number of halogens is 1. The van der Waals surface area contributed by atoms with Crippen LogP contribution in [0.15, 0.2) is 49.1 Å². The lowest BCUT2D eigenvalue weighted by atomic mass is 10.1. The summed E-state index contributed by atoms with van der Waals surface area (Å²) in [6.07, 6.45) is 3.14. The summed E-state index contributed by atoms with van der Waals surface area (Å²) in [6, 6.07) is 10.5. The second-order valence-corrected chi connectivity index (χ2v) is 5.85. The molecule has 0 saturated heterocycles. The maximum Gasteiger partial charge on any atom is 0.228 e. The van der Waals surface area contributed by atoms with Gasteiger partial charge < -0.3 is 14.8 Å². The predicted octanol–water partition coefficient (Wildman–Crippen LogP) is 3.12. The summed E-state index contributed by atoms with van der Waals surface area (Å²) in [5.74, 6) is 0.990. The normalized spacial score (nSPS) is 10.4. The van der Waals surface area contributed by atoms with E-state index in [1.54, 1.807) is 55.6 Å². The van der Waals surface area contributed by atoms with Crippen molar-refractivity contribution in [2.75, 3.05) is 19.5 Å². The third-order valence-corrected chi connectivity index (χ3v) is 3.95. The summed E-state index contributed by atoms with van der Waals surface area (Å²) in [5, 5.41) is 7.47. The second-order valence-electron chi connectivity index (χ2n) is 5.42. The molecule has 0 aliphatic rings. The highest BCUT2D eigenvalue weighted by molar-refractivity contribution is 6.31. The third kappa shape index (κ3) is 3.94. The first-order valence-electron chi connectivity index (χ1n) is 7.76. The quantitative estimate of drug-likeness (QED) is 0.719. The van der Waals surface area contributed by atoms with Crippen LogP contribution < -0.4 is 14.8 Å². The second kappa shape index (κ2) is 7.88. The summed E-state index contributed by atoms with van der Waals surface area (Å²) in [4.78, 5) is 16.4. The van der Waals surface area contributed by atoms with Crippen molar-refractivity contribution in [2.24, 2.45) is 0 Å². The van der Waals surface area contributed by atoms with Crippen LogP contribution in [0.4, 0.5) is 5.69 Å². The fourth-order valence-electron chi connectivity index (χ4n) is 2.51. The Labute approximate surface area is 155 Å². The minimum atomic E-state index is -0.194. The van der Waals surface area contributed by atoms with Crippen LogP contribution in [-0.2, 0) is 11.2 Å². The van der Waals surface area contributed by atoms with E-state index < -0.39 is 0 Å². The third-order valence-electron chi connectivity index (χ3n) is 3.71. The lowest BCUT2D eigenvalue weighted by Gasteiger charge is -2.12. The number of amides is 1. The number of carbonyl (C=O) groups excluding carboxylic acids is 1. The lowest BCUT2D eigenvalue weighted by molar-refractivity contribution is -0.115. The number of anilines is 1. The smallest absolute Gasteiger partial charge is 0.228 e. The molecule has 0 fully saturated rings. The number of hydrogen-bond donors (Lipinski definition) is 1. The van der Waals surface area contributed by atoms with Crippen molar-refractivity contribution in [3.8, 4) is 17.2 Å². The minimum absolute atomic E-state index is 0.170. The molecule has 1 amide bonds. The Morgan fingerprint density at radius 3 is 2.65 bits per heavy atom. The highest BCUT2D eigenvalue weighted by Gasteiger charge is 2.12. The average Bonchev–Trinajstić information content (AvgIpc) is 3.16. The fourth-order valence-corrected chi connectivity index (χ4v) is 2.68. The number of carbonyl (C=O) groups is 1. The van der Waals surface area contributed by atoms with Crippen molar-refractivity contribution >= 4 is 23.2 Å². The van der Waals surface area contributed by atoms with Crippen LogP contribution in [0.2, 0.25) is 5.02 Å². The Morgan fingerprint density at radius 1 is 1.15 bits per heavy atom. The molecule has 0 aliphatic heterocycles. The standard InChI is InChI=1S/C18H17ClN4O3/c1-25-16-6-3-12(7-17(16)26-2)8-18(24)22-14-9-13(19)4-5-15(14)23-11-20-10-21-23/h3-7,9-11H,8H2,1-2H3,(H,22,24). The van der Waals surface area contributed by atoms with Crippen molar-refractivity contribution in [3.63, 3.8) is 0 Å². The van der Waals surface area contributed by atoms with Gasteiger partial charge in [0.05, 0.1) is 32.0 Å². The Hall–Kier alpha value is -3.06. The van der Waals surface area contributed by atoms with Crippen LogP contribution in [0.25, 0.3) is 5.69 Å². The zero-order valence-corrected chi connectivity index (χ0v) is 15.0. The average molecular weight is 373 g/mol. The largest absolute Gasteiger partial charge is 0.493 e. The topological polar surface area (TPSA) is 78.3 Å². The van der Waals surface area contributed by atoms with E-state index in [0.29, 0.717) is 27.9 Å². The number of nitrogens with one attached hydrogen (secondary N) is 1. The van der Waals surface area contributed by atoms with E-state index in [4.69, 9.17) is 21.1 Å². The van der Waals surface area contributed by atoms with Gasteiger partial charge in [-0.2, -0.15) is 5.10 Å². The van der Waals surface area contributed by atoms with Gasteiger partial charge in [0.15, 0.2) is 11.5 Å². The fraction of sp³-hybridized carbons (Fsp3) is 0.167. The number of hydrogen-bond acceptors (Lipinski definition) is 5. The zero-order chi connectivity index (χ0) is 18.5. The molecule has 0 atom stereocenters. The van der Waals surface area contributed by atoms with Gasteiger partial charge in [-0.25, -0.2) is 9.67 Å². The van der Waals surface area contributed by atoms with Crippen LogP contribution >= 0.6 is 11.6 Å². The lowest BCUT2D eigenvalue weighted by Crippen LogP contribution is -2.16. The molecule has 3 rings (SSSR count). The van der Waals surface area contributed by atoms with E-state index in [-0.39, 0.29) is 12.3 Å². The molecule has 0 bridgehead atoms. The number of benzene rings is 2. The van der Waals surface area contributed by atoms with Crippen molar-refractivity contribution in [3.05, 3.63) is 59.6 Å². The number of ether oxygens (including phenoxy) is 2. The van der Waals surface area contributed by atoms with Crippen LogP contribution in [0.1, 0.15) is 5.56 Å². The number of methoxy groups -OCH3 is 2. The Balaban J connectivity index is 1.80. The summed E-state index contributed by atoms with van der Waals surface area (Å²) in [6.45, 7) is 0. The number of aromatic nitrogens is 3. The molecule has 2 aromatic carbocycles. The number of nitrogens with zero attached hydrogens (tertiary/aromatic N) is 3. The van der Waals surface area contributed by atoms with Gasteiger partial charge in [0.1, 0.15) is 12.7 Å². The van der Waals surface area contributed by atoms with Crippen molar-refractivity contribution in [2.45, 2.75) is 6.42 Å². The summed E-state index contributed by atoms with van der Waals surface area (Å²) < 4.78 is 12.0. The summed E-state index contributed by atoms with van der Waals surface area (Å²) >= 11 is 6.07. The van der Waals surface area contributed by atoms with Crippen molar-refractivity contribution in [1.82, 2.24) is 14.8 Å². The maximum absolute atomic E-state index is 12.5. The highest BCUT2D eigenvalue weighted by atomic mass is 35.5. The SMILES string of the molecule is COc1ccc(CC(=O)Nc2cc(Cl)ccc2-n2cncn2)cc1OC. The minimum Gasteiger partial charge on any atom is -0.493 e. The molecule has 0 unspecified atom stereocenters. The van der Waals surface area contributed by atoms with Gasteiger partial charge >= 0.3 is 0 Å². The molecule has 1 heterocycles. The zero-order valence-electron chi connectivity index (χ0n) is 14.3. The van der Waals surface area contributed by atoms with Crippen LogP contribution in [0.3, 0.4) is 0 Å². The van der Waals surface area contributed by atoms with Crippen LogP contribution in [0, 0.1) is 0 Å². The molecule has 1 aromatic heterocycles. The Kier molecular flexibility index (Phi) is 5.38. The van der Waals surface area contributed by atoms with E-state index in [2.05, 4.69) is 15.4 Å². The van der Waals surface area contributed by atoms with E-state index in [0.717, 1.165) is 5.56 Å². The number of rotatable bonds is 6. The van der Waals surface area contributed by atoms with Gasteiger partial charge in [-0.05, 0) is 35.9 Å². The van der Waals surface area contributed by atoms with Crippen LogP contribution in [-0.4, -0.2) is 34.9 Å². The van der Waals surface area contributed by atoms with Gasteiger partial charge in [-0.15, -0.1) is 0 Å². The molecule has 3 aromatic rings. The van der Waals surface area contributed by atoms with Gasteiger partial charge in [0.25, 0.3) is 0 Å². The van der Waals surface area contributed by atoms with Gasteiger partial charge in [0.2, 0.25) is 5.91 Å². The molecule has 134 valence electrons. The Morgan fingerprint density at radius 2 is 1.96 bits per heavy atom. The van der Waals surface area contributed by atoms with E-state index >= 15 is 0 Å². The first kappa shape index (κ1) is 17.8. The van der Waals surface area contributed by atoms with Gasteiger partial charge in [-0.3, -0.25) is 4.79 Å². The molecular formula is C18H17ClN4O3. The molecule has 26 heavy (non-hydrogen) atoms. The first-order chi connectivity index (χ1) is 12.6. The van der Waals surface area contributed by atoms with Gasteiger partial charge in [0, 0.05) is 5.02 Å². The van der Waals surface area contributed by atoms with Crippen molar-refractivity contribution < 1.29 is 14.3 Å². The predicted molar refractivity (Wildman–Crippen MR) is 98.2 cm³/mol. The van der Waals surface area contributed by atoms with Crippen LogP contribution in [0.5, 0.6) is 11.5 Å². The molecule has 7 nitrogen and oxygen atoms in total. The van der Waals surface area contributed by atoms with E-state index in [9.17, 15) is 4.79 Å². The van der Waals surface area contributed by atoms with Crippen molar-refractivity contribution in [1.29, 1.82) is 0 Å². The first-order valence-corrected chi connectivity index (χ1v) is 8.14. The summed E-state index contributed by atoms with van der Waals surface area (Å²) in [5.41, 5.74) is 2.02. The molecule has 0 radical (unpaired) electrons. The highest BCUT2D eigenvalue weighted by Crippen LogP contribution is 2.28. The molecule has 0 spiro atoms. The van der Waals surface area contributed by atoms with E-state index in [1.807, 2.05) is 6.07 Å². The monoisotopic (exact) mass is 372 g/mol. The molecule has 8 heteroatoms. The van der Waals surface area contributed by atoms with Gasteiger partial charge in [-0.1, -0.05) is 17.7 Å². The molecule has 1 N–H and O–H groups in total. The Bertz CT molecular complexity index is 913. The molecule has 0 aliphatic carbocycles. The summed E-state index contributed by atoms with van der Waals surface area (Å²) in [7, 11) is 3.12. The maximum atomic E-state index is 12.5. The van der Waals surface area contributed by atoms with E-state index in [1.165, 1.54) is 6.33 Å². The molecular weight excluding hydrogens is 356 g/mol. The molecule has 0 saturated carbocycles.